The predicted molar refractivity (Wildman–Crippen MR) is 102 cm³/mol. The van der Waals surface area contributed by atoms with Crippen LogP contribution in [0.15, 0.2) is 36.7 Å². The second-order valence-electron chi connectivity index (χ2n) is 6.39. The van der Waals surface area contributed by atoms with Crippen LogP contribution in [-0.4, -0.2) is 52.9 Å². The lowest BCUT2D eigenvalue weighted by Crippen LogP contribution is -2.33. The summed E-state index contributed by atoms with van der Waals surface area (Å²) in [6.45, 7) is 0.815. The molecule has 0 radical (unpaired) electrons. The number of halogens is 1. The van der Waals surface area contributed by atoms with Gasteiger partial charge in [0.2, 0.25) is 5.91 Å². The molecule has 1 aromatic carbocycles. The lowest BCUT2D eigenvalue weighted by Gasteiger charge is -2.11. The van der Waals surface area contributed by atoms with Gasteiger partial charge in [-0.1, -0.05) is 0 Å². The largest absolute Gasteiger partial charge is 0.382 e. The van der Waals surface area contributed by atoms with Crippen LogP contribution in [0.2, 0.25) is 0 Å². The Labute approximate surface area is 156 Å². The molecule has 0 saturated carbocycles. The van der Waals surface area contributed by atoms with Crippen LogP contribution in [0, 0.1) is 5.82 Å². The van der Waals surface area contributed by atoms with Gasteiger partial charge in [-0.25, -0.2) is 19.3 Å². The summed E-state index contributed by atoms with van der Waals surface area (Å²) in [5.74, 6) is -0.0608. The molecule has 2 aromatic heterocycles. The number of nitrogens with two attached hydrogens (primary N) is 1. The fourth-order valence-corrected chi connectivity index (χ4v) is 2.65. The molecule has 0 unspecified atom stereocenters. The Morgan fingerprint density at radius 1 is 1.22 bits per heavy atom. The number of rotatable bonds is 6. The van der Waals surface area contributed by atoms with Crippen LogP contribution in [0.25, 0.3) is 22.3 Å². The first kappa shape index (κ1) is 18.7. The summed E-state index contributed by atoms with van der Waals surface area (Å²) < 4.78 is 14.1. The normalized spacial score (nSPS) is 10.9. The van der Waals surface area contributed by atoms with E-state index in [-0.39, 0.29) is 24.1 Å². The van der Waals surface area contributed by atoms with Gasteiger partial charge in [0.25, 0.3) is 0 Å². The van der Waals surface area contributed by atoms with Crippen LogP contribution in [0.4, 0.5) is 10.2 Å². The molecule has 0 atom stereocenters. The number of benzene rings is 1. The van der Waals surface area contributed by atoms with E-state index in [1.807, 2.05) is 6.07 Å². The predicted octanol–water partition coefficient (Wildman–Crippen LogP) is 1.63. The number of carbonyl (C=O) groups is 1. The molecule has 0 aliphatic heterocycles. The SMILES string of the molecule is CN(C)C(=O)CNCCc1cc(F)cc(-c2ccc3ncnc(N)c3n2)c1. The van der Waals surface area contributed by atoms with Crippen molar-refractivity contribution in [2.24, 2.45) is 0 Å². The molecule has 7 nitrogen and oxygen atoms in total. The monoisotopic (exact) mass is 368 g/mol. The molecule has 8 heteroatoms. The van der Waals surface area contributed by atoms with Crippen LogP contribution in [0.3, 0.4) is 0 Å². The summed E-state index contributed by atoms with van der Waals surface area (Å²) in [5.41, 5.74) is 9.05. The van der Waals surface area contributed by atoms with Crippen LogP contribution in [0.1, 0.15) is 5.56 Å². The lowest BCUT2D eigenvalue weighted by molar-refractivity contribution is -0.127. The molecule has 3 rings (SSSR count). The van der Waals surface area contributed by atoms with E-state index in [4.69, 9.17) is 5.73 Å². The van der Waals surface area contributed by atoms with Crippen molar-refractivity contribution in [2.45, 2.75) is 6.42 Å². The highest BCUT2D eigenvalue weighted by Crippen LogP contribution is 2.24. The van der Waals surface area contributed by atoms with Gasteiger partial charge in [-0.3, -0.25) is 4.79 Å². The number of carbonyl (C=O) groups excluding carboxylic acids is 1. The summed E-state index contributed by atoms with van der Waals surface area (Å²) in [6.07, 6.45) is 1.97. The smallest absolute Gasteiger partial charge is 0.236 e. The lowest BCUT2D eigenvalue weighted by atomic mass is 10.0. The number of nitrogens with zero attached hydrogens (tertiary/aromatic N) is 4. The Kier molecular flexibility index (Phi) is 5.56. The highest BCUT2D eigenvalue weighted by Gasteiger charge is 2.09. The molecule has 1 amide bonds. The third-order valence-electron chi connectivity index (χ3n) is 4.13. The summed E-state index contributed by atoms with van der Waals surface area (Å²) in [7, 11) is 3.41. The maximum atomic E-state index is 14.1. The number of hydrogen-bond acceptors (Lipinski definition) is 6. The van der Waals surface area contributed by atoms with Crippen LogP contribution in [0.5, 0.6) is 0 Å². The van der Waals surface area contributed by atoms with Crippen molar-refractivity contribution in [3.63, 3.8) is 0 Å². The molecule has 3 aromatic rings. The van der Waals surface area contributed by atoms with E-state index >= 15 is 0 Å². The van der Waals surface area contributed by atoms with Crippen molar-refractivity contribution in [3.8, 4) is 11.3 Å². The first-order valence-corrected chi connectivity index (χ1v) is 8.52. The third kappa shape index (κ3) is 4.53. The summed E-state index contributed by atoms with van der Waals surface area (Å²) in [6, 6.07) is 8.36. The molecule has 0 spiro atoms. The van der Waals surface area contributed by atoms with E-state index in [1.165, 1.54) is 23.4 Å². The fraction of sp³-hybridized carbons (Fsp3) is 0.263. The van der Waals surface area contributed by atoms with E-state index in [2.05, 4.69) is 20.3 Å². The number of aromatic nitrogens is 3. The van der Waals surface area contributed by atoms with Crippen molar-refractivity contribution in [2.75, 3.05) is 32.9 Å². The number of nitrogen functional groups attached to an aromatic ring is 1. The number of nitrogens with one attached hydrogen (secondary N) is 1. The Bertz CT molecular complexity index is 976. The fourth-order valence-electron chi connectivity index (χ4n) is 2.65. The molecule has 0 saturated heterocycles. The van der Waals surface area contributed by atoms with Gasteiger partial charge in [-0.15, -0.1) is 0 Å². The second kappa shape index (κ2) is 8.05. The number of hydrogen-bond donors (Lipinski definition) is 2. The van der Waals surface area contributed by atoms with E-state index in [9.17, 15) is 9.18 Å². The number of fused-ring (bicyclic) bond motifs is 1. The molecular formula is C19H21FN6O. The van der Waals surface area contributed by atoms with Crippen molar-refractivity contribution in [3.05, 3.63) is 48.0 Å². The van der Waals surface area contributed by atoms with Gasteiger partial charge in [-0.05, 0) is 48.9 Å². The minimum absolute atomic E-state index is 0.00453. The molecule has 2 heterocycles. The van der Waals surface area contributed by atoms with E-state index in [1.54, 1.807) is 26.2 Å². The molecule has 0 bridgehead atoms. The van der Waals surface area contributed by atoms with Gasteiger partial charge in [0.05, 0.1) is 17.8 Å². The number of amides is 1. The van der Waals surface area contributed by atoms with Crippen LogP contribution < -0.4 is 11.1 Å². The average molecular weight is 368 g/mol. The summed E-state index contributed by atoms with van der Waals surface area (Å²) in [4.78, 5) is 25.6. The minimum atomic E-state index is -0.342. The van der Waals surface area contributed by atoms with Crippen LogP contribution >= 0.6 is 0 Å². The molecule has 140 valence electrons. The van der Waals surface area contributed by atoms with Crippen molar-refractivity contribution >= 4 is 22.8 Å². The van der Waals surface area contributed by atoms with E-state index in [0.29, 0.717) is 35.3 Å². The van der Waals surface area contributed by atoms with Gasteiger partial charge < -0.3 is 16.0 Å². The molecule has 3 N–H and O–H groups in total. The van der Waals surface area contributed by atoms with Gasteiger partial charge in [0, 0.05) is 19.7 Å². The van der Waals surface area contributed by atoms with Gasteiger partial charge >= 0.3 is 0 Å². The zero-order valence-electron chi connectivity index (χ0n) is 15.2. The Balaban J connectivity index is 1.77. The van der Waals surface area contributed by atoms with E-state index < -0.39 is 0 Å². The van der Waals surface area contributed by atoms with E-state index in [0.717, 1.165) is 5.56 Å². The third-order valence-corrected chi connectivity index (χ3v) is 4.13. The average Bonchev–Trinajstić information content (AvgIpc) is 2.64. The molecule has 27 heavy (non-hydrogen) atoms. The van der Waals surface area contributed by atoms with Crippen molar-refractivity contribution in [1.29, 1.82) is 0 Å². The highest BCUT2D eigenvalue weighted by atomic mass is 19.1. The topological polar surface area (TPSA) is 97.0 Å². The van der Waals surface area contributed by atoms with Gasteiger partial charge in [0.1, 0.15) is 17.7 Å². The molecule has 0 aliphatic carbocycles. The number of likely N-dealkylation sites (N-methyl/N-ethyl adjacent to an activating group) is 1. The van der Waals surface area contributed by atoms with Gasteiger partial charge in [-0.2, -0.15) is 0 Å². The Hall–Kier alpha value is -3.13. The first-order chi connectivity index (χ1) is 12.9. The number of anilines is 1. The summed E-state index contributed by atoms with van der Waals surface area (Å²) in [5, 5.41) is 3.06. The van der Waals surface area contributed by atoms with Crippen molar-refractivity contribution in [1.82, 2.24) is 25.2 Å². The maximum Gasteiger partial charge on any atom is 0.236 e. The summed E-state index contributed by atoms with van der Waals surface area (Å²) >= 11 is 0. The van der Waals surface area contributed by atoms with Crippen LogP contribution in [-0.2, 0) is 11.2 Å². The highest BCUT2D eigenvalue weighted by molar-refractivity contribution is 5.85. The Morgan fingerprint density at radius 2 is 2.04 bits per heavy atom. The second-order valence-corrected chi connectivity index (χ2v) is 6.39. The molecule has 0 aliphatic rings. The van der Waals surface area contributed by atoms with Gasteiger partial charge in [0.15, 0.2) is 5.82 Å². The van der Waals surface area contributed by atoms with Crippen molar-refractivity contribution < 1.29 is 9.18 Å². The zero-order valence-corrected chi connectivity index (χ0v) is 15.2. The zero-order chi connectivity index (χ0) is 19.4. The maximum absolute atomic E-state index is 14.1. The number of pyridine rings is 1. The quantitative estimate of drug-likeness (QED) is 0.642. The molecule has 0 fully saturated rings. The standard InChI is InChI=1S/C19H21FN6O/c1-26(2)17(27)10-22-6-5-12-7-13(9-14(20)8-12)15-3-4-16-18(25-15)19(21)24-11-23-16/h3-4,7-9,11,22H,5-6,10H2,1-2H3,(H2,21,23,24). The first-order valence-electron chi connectivity index (χ1n) is 8.52. The minimum Gasteiger partial charge on any atom is -0.382 e. The molecular weight excluding hydrogens is 347 g/mol. The Morgan fingerprint density at radius 3 is 2.81 bits per heavy atom.